The number of hydrogen-bond acceptors (Lipinski definition) is 5. The normalized spacial score (nSPS) is 44.7. The van der Waals surface area contributed by atoms with Crippen LogP contribution in [0.4, 0.5) is 4.39 Å². The maximum Gasteiger partial charge on any atom is 0.165 e. The van der Waals surface area contributed by atoms with E-state index in [1.165, 1.54) is 12.8 Å². The number of aliphatic hydroxyl groups is 1. The Morgan fingerprint density at radius 2 is 2.15 bits per heavy atom. The minimum atomic E-state index is -1.22. The van der Waals surface area contributed by atoms with E-state index in [0.29, 0.717) is 31.1 Å². The lowest BCUT2D eigenvalue weighted by molar-refractivity contribution is -0.216. The van der Waals surface area contributed by atoms with E-state index in [1.54, 1.807) is 6.07 Å². The van der Waals surface area contributed by atoms with Crippen molar-refractivity contribution in [2.75, 3.05) is 20.1 Å². The Morgan fingerprint density at radius 3 is 2.89 bits per heavy atom. The Morgan fingerprint density at radius 1 is 1.33 bits per heavy atom. The van der Waals surface area contributed by atoms with Crippen molar-refractivity contribution in [2.45, 2.75) is 67.5 Å². The van der Waals surface area contributed by atoms with Gasteiger partial charge in [0, 0.05) is 30.7 Å². The van der Waals surface area contributed by atoms with Crippen molar-refractivity contribution in [1.29, 1.82) is 0 Å². The van der Waals surface area contributed by atoms with Crippen molar-refractivity contribution in [1.82, 2.24) is 10.2 Å². The highest BCUT2D eigenvalue weighted by Gasteiger charge is 2.76. The van der Waals surface area contributed by atoms with Crippen LogP contribution in [0, 0.1) is 5.92 Å². The molecule has 3 N–H and O–H groups in total. The zero-order valence-corrected chi connectivity index (χ0v) is 15.6. The molecule has 1 aromatic carbocycles. The molecule has 2 saturated carbocycles. The van der Waals surface area contributed by atoms with Gasteiger partial charge in [-0.2, -0.15) is 0 Å². The van der Waals surface area contributed by atoms with Gasteiger partial charge in [-0.1, -0.05) is 6.07 Å². The molecule has 3 aliphatic carbocycles. The van der Waals surface area contributed by atoms with Gasteiger partial charge in [-0.05, 0) is 56.7 Å². The third kappa shape index (κ3) is 1.80. The summed E-state index contributed by atoms with van der Waals surface area (Å²) >= 11 is 0. The van der Waals surface area contributed by atoms with Crippen LogP contribution >= 0.6 is 0 Å². The SMILES string of the molecule is CN[C@@H]1CC[C@@]2(O)[C@H]3Cc4ccc(O)c5c4[C@@]2([C@@H](F)CN3CC2CC2)[C@H]1O5. The number of ether oxygens (including phenoxy) is 1. The van der Waals surface area contributed by atoms with E-state index >= 15 is 4.39 Å². The number of alkyl halides is 1. The summed E-state index contributed by atoms with van der Waals surface area (Å²) < 4.78 is 22.4. The van der Waals surface area contributed by atoms with E-state index in [9.17, 15) is 10.2 Å². The van der Waals surface area contributed by atoms with Gasteiger partial charge in [0.25, 0.3) is 0 Å². The minimum Gasteiger partial charge on any atom is -0.504 e. The first-order valence-electron chi connectivity index (χ1n) is 10.3. The molecule has 5 aliphatic rings. The van der Waals surface area contributed by atoms with Crippen LogP contribution in [-0.2, 0) is 11.8 Å². The van der Waals surface area contributed by atoms with Crippen molar-refractivity contribution < 1.29 is 19.3 Å². The molecule has 5 nitrogen and oxygen atoms in total. The van der Waals surface area contributed by atoms with Gasteiger partial charge >= 0.3 is 0 Å². The van der Waals surface area contributed by atoms with Crippen LogP contribution in [0.1, 0.15) is 36.8 Å². The maximum absolute atomic E-state index is 16.2. The topological polar surface area (TPSA) is 65.0 Å². The zero-order chi connectivity index (χ0) is 18.6. The Bertz CT molecular complexity index is 815. The molecule has 0 aromatic heterocycles. The van der Waals surface area contributed by atoms with Crippen LogP contribution in [0.5, 0.6) is 11.5 Å². The Labute approximate surface area is 158 Å². The molecule has 2 heterocycles. The van der Waals surface area contributed by atoms with E-state index in [-0.39, 0.29) is 17.8 Å². The molecular formula is C21H27FN2O3. The number of aromatic hydroxyl groups is 1. The molecule has 0 radical (unpaired) electrons. The minimum absolute atomic E-state index is 0.0445. The van der Waals surface area contributed by atoms with E-state index in [0.717, 1.165) is 24.1 Å². The van der Waals surface area contributed by atoms with Gasteiger partial charge < -0.3 is 20.3 Å². The lowest BCUT2D eigenvalue weighted by Crippen LogP contribution is -2.81. The molecule has 27 heavy (non-hydrogen) atoms. The molecule has 0 unspecified atom stereocenters. The van der Waals surface area contributed by atoms with Crippen molar-refractivity contribution in [3.05, 3.63) is 23.3 Å². The highest BCUT2D eigenvalue weighted by molar-refractivity contribution is 5.63. The van der Waals surface area contributed by atoms with E-state index in [4.69, 9.17) is 4.74 Å². The number of phenols is 1. The van der Waals surface area contributed by atoms with Crippen LogP contribution in [-0.4, -0.2) is 65.2 Å². The van der Waals surface area contributed by atoms with E-state index in [1.807, 2.05) is 13.1 Å². The molecule has 6 atom stereocenters. The predicted molar refractivity (Wildman–Crippen MR) is 97.9 cm³/mol. The second-order valence-corrected chi connectivity index (χ2v) is 9.30. The molecule has 1 saturated heterocycles. The first-order chi connectivity index (χ1) is 13.0. The molecule has 6 heteroatoms. The largest absolute Gasteiger partial charge is 0.504 e. The van der Waals surface area contributed by atoms with Crippen LogP contribution in [0.2, 0.25) is 0 Å². The summed E-state index contributed by atoms with van der Waals surface area (Å²) in [4.78, 5) is 2.22. The van der Waals surface area contributed by atoms with Gasteiger partial charge in [-0.3, -0.25) is 4.90 Å². The fraction of sp³-hybridized carbons (Fsp3) is 0.714. The van der Waals surface area contributed by atoms with Crippen molar-refractivity contribution in [3.63, 3.8) is 0 Å². The molecule has 146 valence electrons. The molecule has 1 spiro atoms. The standard InChI is InChI=1S/C21H27FN2O3/c1-23-13-6-7-20(26)16-8-12-4-5-14(25)18-17(12)21(20,19(13)27-18)15(22)10-24(16)9-11-2-3-11/h4-5,11,13,15-16,19,23,25-26H,2-3,6-10H2,1H3/t13-,15+,16-,19+,20-,21+/m1/s1. The number of hydrogen-bond donors (Lipinski definition) is 3. The molecule has 0 amide bonds. The van der Waals surface area contributed by atoms with E-state index < -0.39 is 23.3 Å². The quantitative estimate of drug-likeness (QED) is 0.748. The number of piperidine rings is 1. The fourth-order valence-corrected chi connectivity index (χ4v) is 6.78. The molecule has 2 bridgehead atoms. The Hall–Kier alpha value is -1.37. The number of nitrogens with zero attached hydrogens (tertiary/aromatic N) is 1. The third-order valence-electron chi connectivity index (χ3n) is 8.10. The number of likely N-dealkylation sites (tertiary alicyclic amines) is 1. The summed E-state index contributed by atoms with van der Waals surface area (Å²) in [5.41, 5.74) is -0.487. The average molecular weight is 374 g/mol. The second kappa shape index (κ2) is 5.16. The van der Waals surface area contributed by atoms with Gasteiger partial charge in [0.2, 0.25) is 0 Å². The second-order valence-electron chi connectivity index (χ2n) is 9.30. The molecule has 2 aliphatic heterocycles. The predicted octanol–water partition coefficient (Wildman–Crippen LogP) is 1.49. The summed E-state index contributed by atoms with van der Waals surface area (Å²) in [5, 5.41) is 25.9. The van der Waals surface area contributed by atoms with Crippen LogP contribution in [0.3, 0.4) is 0 Å². The Balaban J connectivity index is 1.59. The number of nitrogens with one attached hydrogen (secondary N) is 1. The molecule has 3 fully saturated rings. The summed E-state index contributed by atoms with van der Waals surface area (Å²) in [7, 11) is 1.87. The van der Waals surface area contributed by atoms with Crippen LogP contribution in [0.25, 0.3) is 0 Å². The number of likely N-dealkylation sites (N-methyl/N-ethyl adjacent to an activating group) is 1. The lowest BCUT2D eigenvalue weighted by atomic mass is 9.47. The van der Waals surface area contributed by atoms with Crippen LogP contribution < -0.4 is 10.1 Å². The summed E-state index contributed by atoms with van der Waals surface area (Å²) in [6.45, 7) is 1.22. The number of rotatable bonds is 3. The van der Waals surface area contributed by atoms with Gasteiger partial charge in [-0.15, -0.1) is 0 Å². The summed E-state index contributed by atoms with van der Waals surface area (Å²) in [6, 6.07) is 3.44. The third-order valence-corrected chi connectivity index (χ3v) is 8.10. The van der Waals surface area contributed by atoms with Gasteiger partial charge in [0.05, 0.1) is 5.60 Å². The van der Waals surface area contributed by atoms with E-state index in [2.05, 4.69) is 10.2 Å². The summed E-state index contributed by atoms with van der Waals surface area (Å²) in [6.07, 6.45) is 2.70. The fourth-order valence-electron chi connectivity index (χ4n) is 6.78. The van der Waals surface area contributed by atoms with Gasteiger partial charge in [-0.25, -0.2) is 4.39 Å². The van der Waals surface area contributed by atoms with Crippen molar-refractivity contribution >= 4 is 0 Å². The highest BCUT2D eigenvalue weighted by Crippen LogP contribution is 2.66. The first kappa shape index (κ1) is 16.6. The van der Waals surface area contributed by atoms with Crippen molar-refractivity contribution in [3.8, 4) is 11.5 Å². The summed E-state index contributed by atoms with van der Waals surface area (Å²) in [5.74, 6) is 1.10. The Kier molecular flexibility index (Phi) is 3.17. The molecular weight excluding hydrogens is 347 g/mol. The maximum atomic E-state index is 16.2. The first-order valence-corrected chi connectivity index (χ1v) is 10.3. The lowest BCUT2D eigenvalue weighted by Gasteiger charge is -2.65. The molecule has 1 aromatic rings. The van der Waals surface area contributed by atoms with Gasteiger partial charge in [0.1, 0.15) is 17.7 Å². The monoisotopic (exact) mass is 374 g/mol. The smallest absolute Gasteiger partial charge is 0.165 e. The van der Waals surface area contributed by atoms with Gasteiger partial charge in [0.15, 0.2) is 11.5 Å². The number of benzene rings is 1. The number of phenolic OH excluding ortho intramolecular Hbond substituents is 1. The number of halogens is 1. The highest BCUT2D eigenvalue weighted by atomic mass is 19.1. The van der Waals surface area contributed by atoms with Crippen LogP contribution in [0.15, 0.2) is 12.1 Å². The van der Waals surface area contributed by atoms with Crippen molar-refractivity contribution in [2.24, 2.45) is 5.92 Å². The average Bonchev–Trinajstić information content (AvgIpc) is 3.37. The molecule has 6 rings (SSSR count). The zero-order valence-electron chi connectivity index (χ0n) is 15.6.